The minimum Gasteiger partial charge on any atom is -0.428 e. The number of unbranched alkanes of at least 4 members (excludes halogenated alkanes) is 1. The number of esters is 1. The molecule has 0 saturated heterocycles. The zero-order chi connectivity index (χ0) is 17.0. The average Bonchev–Trinajstić information content (AvgIpc) is 2.43. The molecule has 22 heavy (non-hydrogen) atoms. The fourth-order valence-electron chi connectivity index (χ4n) is 1.52. The first kappa shape index (κ1) is 20.9. The zero-order valence-electron chi connectivity index (χ0n) is 13.1. The fraction of sp³-hybridized carbons (Fsp3) is 0.846. The molecule has 9 heteroatoms. The third kappa shape index (κ3) is 11.5. The summed E-state index contributed by atoms with van der Waals surface area (Å²) >= 11 is 0. The Kier molecular flexibility index (Phi) is 10.9. The lowest BCUT2D eigenvalue weighted by molar-refractivity contribution is -0.151. The Morgan fingerprint density at radius 2 is 1.86 bits per heavy atom. The van der Waals surface area contributed by atoms with E-state index in [9.17, 15) is 24.2 Å². The largest absolute Gasteiger partial charge is 0.428 e. The quantitative estimate of drug-likeness (QED) is 0.298. The van der Waals surface area contributed by atoms with Crippen LogP contribution in [0.2, 0.25) is 0 Å². The van der Waals surface area contributed by atoms with Crippen LogP contribution in [0.5, 0.6) is 0 Å². The van der Waals surface area contributed by atoms with E-state index in [2.05, 4.69) is 14.8 Å². The second-order valence-corrected chi connectivity index (χ2v) is 7.50. The summed E-state index contributed by atoms with van der Waals surface area (Å²) in [6, 6.07) is 0. The zero-order valence-corrected chi connectivity index (χ0v) is 14.0. The van der Waals surface area contributed by atoms with Crippen molar-refractivity contribution in [2.45, 2.75) is 52.2 Å². The smallest absolute Gasteiger partial charge is 0.412 e. The van der Waals surface area contributed by atoms with Crippen LogP contribution in [0.3, 0.4) is 0 Å². The number of aliphatic hydroxyl groups is 1. The number of hydrogen-bond acceptors (Lipinski definition) is 6. The molecular weight excluding hydrogens is 313 g/mol. The molecule has 0 aromatic rings. The van der Waals surface area contributed by atoms with Crippen LogP contribution in [0.4, 0.5) is 4.79 Å². The van der Waals surface area contributed by atoms with Gasteiger partial charge < -0.3 is 19.5 Å². The van der Waals surface area contributed by atoms with Gasteiger partial charge in [0.15, 0.2) is 0 Å². The van der Waals surface area contributed by atoms with Gasteiger partial charge >= 0.3 is 12.1 Å². The number of alkyl carbamates (subject to hydrolysis) is 1. The van der Waals surface area contributed by atoms with Crippen LogP contribution in [-0.2, 0) is 18.8 Å². The van der Waals surface area contributed by atoms with Crippen LogP contribution in [0.1, 0.15) is 46.0 Å². The predicted octanol–water partition coefficient (Wildman–Crippen LogP) is 1.79. The van der Waals surface area contributed by atoms with Crippen molar-refractivity contribution in [3.63, 3.8) is 0 Å². The standard InChI is InChI=1S/C13H26NO7P/c1-3-5-8-22(18,19)9-7-11(15)14-13(17)21-10-20-12(16)6-4-2/h11,15H,3-10H2,1-2H3,(H,14,17)(H,18,19). The van der Waals surface area contributed by atoms with Gasteiger partial charge in [-0.1, -0.05) is 20.3 Å². The van der Waals surface area contributed by atoms with Crippen molar-refractivity contribution >= 4 is 19.4 Å². The Bertz CT molecular complexity index is 389. The predicted molar refractivity (Wildman–Crippen MR) is 80.6 cm³/mol. The number of rotatable bonds is 11. The van der Waals surface area contributed by atoms with E-state index in [1.165, 1.54) is 0 Å². The van der Waals surface area contributed by atoms with Gasteiger partial charge in [-0.05, 0) is 12.8 Å². The highest BCUT2D eigenvalue weighted by molar-refractivity contribution is 7.57. The Hall–Kier alpha value is -1.11. The van der Waals surface area contributed by atoms with Gasteiger partial charge in [-0.3, -0.25) is 14.7 Å². The summed E-state index contributed by atoms with van der Waals surface area (Å²) in [5, 5.41) is 11.6. The van der Waals surface area contributed by atoms with E-state index in [1.54, 1.807) is 0 Å². The van der Waals surface area contributed by atoms with E-state index in [-0.39, 0.29) is 25.2 Å². The molecule has 0 aliphatic rings. The van der Waals surface area contributed by atoms with E-state index < -0.39 is 32.5 Å². The fourth-order valence-corrected chi connectivity index (χ4v) is 3.20. The van der Waals surface area contributed by atoms with Crippen LogP contribution in [0.15, 0.2) is 0 Å². The maximum atomic E-state index is 11.7. The van der Waals surface area contributed by atoms with Gasteiger partial charge in [0.1, 0.15) is 6.23 Å². The molecule has 3 N–H and O–H groups in total. The van der Waals surface area contributed by atoms with Crippen molar-refractivity contribution in [2.75, 3.05) is 19.1 Å². The number of carbonyl (C=O) groups is 2. The Balaban J connectivity index is 3.86. The van der Waals surface area contributed by atoms with Gasteiger partial charge in [-0.25, -0.2) is 4.79 Å². The third-order valence-corrected chi connectivity index (χ3v) is 4.73. The topological polar surface area (TPSA) is 122 Å². The second kappa shape index (κ2) is 11.5. The number of carbonyl (C=O) groups excluding carboxylic acids is 2. The van der Waals surface area contributed by atoms with Crippen LogP contribution in [-0.4, -0.2) is 47.4 Å². The lowest BCUT2D eigenvalue weighted by Crippen LogP contribution is -2.36. The molecule has 0 heterocycles. The molecule has 0 aliphatic carbocycles. The lowest BCUT2D eigenvalue weighted by atomic mass is 10.3. The summed E-state index contributed by atoms with van der Waals surface area (Å²) in [7, 11) is -3.27. The first-order chi connectivity index (χ1) is 10.3. The maximum absolute atomic E-state index is 11.7. The summed E-state index contributed by atoms with van der Waals surface area (Å²) in [4.78, 5) is 31.9. The highest BCUT2D eigenvalue weighted by Crippen LogP contribution is 2.42. The van der Waals surface area contributed by atoms with Crippen molar-refractivity contribution in [2.24, 2.45) is 0 Å². The summed E-state index contributed by atoms with van der Waals surface area (Å²) in [5.41, 5.74) is 0. The number of ether oxygens (including phenoxy) is 2. The highest BCUT2D eigenvalue weighted by Gasteiger charge is 2.20. The number of amides is 1. The summed E-state index contributed by atoms with van der Waals surface area (Å²) in [6.07, 6.45) is 0.131. The van der Waals surface area contributed by atoms with Gasteiger partial charge in [0.05, 0.1) is 0 Å². The molecule has 0 aliphatic heterocycles. The van der Waals surface area contributed by atoms with Gasteiger partial charge in [0.25, 0.3) is 0 Å². The molecule has 0 rings (SSSR count). The van der Waals surface area contributed by atoms with Gasteiger partial charge in [-0.2, -0.15) is 0 Å². The van der Waals surface area contributed by atoms with Gasteiger partial charge in [0.2, 0.25) is 14.2 Å². The Labute approximate surface area is 130 Å². The van der Waals surface area contributed by atoms with E-state index in [0.29, 0.717) is 12.8 Å². The SMILES string of the molecule is CCCCP(=O)(O)CCC(O)NC(=O)OCOC(=O)CCC. The molecule has 0 fully saturated rings. The van der Waals surface area contributed by atoms with Crippen molar-refractivity contribution in [1.82, 2.24) is 5.32 Å². The molecule has 2 atom stereocenters. The van der Waals surface area contributed by atoms with Crippen molar-refractivity contribution in [1.29, 1.82) is 0 Å². The first-order valence-corrected chi connectivity index (χ1v) is 9.41. The molecule has 0 aromatic carbocycles. The number of hydrogen-bond donors (Lipinski definition) is 3. The minimum atomic E-state index is -3.27. The summed E-state index contributed by atoms with van der Waals surface area (Å²) < 4.78 is 20.9. The Morgan fingerprint density at radius 1 is 1.18 bits per heavy atom. The number of nitrogens with one attached hydrogen (secondary N) is 1. The highest BCUT2D eigenvalue weighted by atomic mass is 31.2. The molecule has 1 amide bonds. The van der Waals surface area contributed by atoms with Gasteiger partial charge in [-0.15, -0.1) is 0 Å². The van der Waals surface area contributed by atoms with Gasteiger partial charge in [0, 0.05) is 25.2 Å². The van der Waals surface area contributed by atoms with Crippen molar-refractivity contribution in [3.8, 4) is 0 Å². The van der Waals surface area contributed by atoms with Crippen LogP contribution < -0.4 is 5.32 Å². The minimum absolute atomic E-state index is 0.0534. The molecule has 0 radical (unpaired) electrons. The molecule has 0 bridgehead atoms. The lowest BCUT2D eigenvalue weighted by Gasteiger charge is -2.15. The monoisotopic (exact) mass is 339 g/mol. The van der Waals surface area contributed by atoms with E-state index in [4.69, 9.17) is 0 Å². The van der Waals surface area contributed by atoms with Crippen LogP contribution in [0.25, 0.3) is 0 Å². The molecule has 0 aromatic heterocycles. The second-order valence-electron chi connectivity index (χ2n) is 4.91. The normalized spacial score (nSPS) is 14.7. The van der Waals surface area contributed by atoms with E-state index in [1.807, 2.05) is 13.8 Å². The maximum Gasteiger partial charge on any atom is 0.412 e. The molecule has 8 nitrogen and oxygen atoms in total. The van der Waals surface area contributed by atoms with E-state index in [0.717, 1.165) is 6.42 Å². The Morgan fingerprint density at radius 3 is 2.45 bits per heavy atom. The van der Waals surface area contributed by atoms with Crippen molar-refractivity contribution < 1.29 is 33.6 Å². The van der Waals surface area contributed by atoms with Crippen LogP contribution >= 0.6 is 7.37 Å². The number of aliphatic hydroxyl groups excluding tert-OH is 1. The first-order valence-electron chi connectivity index (χ1n) is 7.38. The summed E-state index contributed by atoms with van der Waals surface area (Å²) in [6.45, 7) is 3.19. The molecule has 0 saturated carbocycles. The third-order valence-electron chi connectivity index (χ3n) is 2.76. The summed E-state index contributed by atoms with van der Waals surface area (Å²) in [5.74, 6) is -0.479. The molecule has 0 spiro atoms. The van der Waals surface area contributed by atoms with Crippen molar-refractivity contribution in [3.05, 3.63) is 0 Å². The molecule has 2 unspecified atom stereocenters. The molecular formula is C13H26NO7P. The molecule has 130 valence electrons. The average molecular weight is 339 g/mol. The van der Waals surface area contributed by atoms with E-state index >= 15 is 0 Å². The van der Waals surface area contributed by atoms with Crippen LogP contribution in [0, 0.1) is 0 Å².